The van der Waals surface area contributed by atoms with Crippen molar-refractivity contribution in [2.45, 2.75) is 16.1 Å². The molecule has 2 unspecified atom stereocenters. The monoisotopic (exact) mass is 672 g/mol. The van der Waals surface area contributed by atoms with Gasteiger partial charge >= 0.3 is 0 Å². The standard InChI is InChI=1S/C45H28N4OS/c1-2-12-27(13-3-1)43-46-44(48-45(47-43)49-36-20-7-4-14-30(36)31-15-5-8-21-37(31)49)34-19-10-18-33-41-29(17-11-22-38(41)50-42(33)34)28-24-25-40-35(26-28)32-16-6-9-23-39(32)51-40/h1-26,32,39H. The summed E-state index contributed by atoms with van der Waals surface area (Å²) in [7, 11) is 0. The zero-order valence-corrected chi connectivity index (χ0v) is 28.1. The largest absolute Gasteiger partial charge is 0.455 e. The lowest BCUT2D eigenvalue weighted by atomic mass is 9.89. The van der Waals surface area contributed by atoms with E-state index in [0.717, 1.165) is 60.4 Å². The summed E-state index contributed by atoms with van der Waals surface area (Å²) < 4.78 is 8.91. The number of hydrogen-bond acceptors (Lipinski definition) is 5. The number of para-hydroxylation sites is 3. The number of aromatic nitrogens is 4. The fraction of sp³-hybridized carbons (Fsp3) is 0.0444. The van der Waals surface area contributed by atoms with Gasteiger partial charge in [-0.2, -0.15) is 9.97 Å². The molecule has 0 bridgehead atoms. The molecule has 0 spiro atoms. The van der Waals surface area contributed by atoms with Crippen molar-refractivity contribution in [1.29, 1.82) is 0 Å². The average Bonchev–Trinajstić information content (AvgIpc) is 3.87. The minimum absolute atomic E-state index is 0.397. The van der Waals surface area contributed by atoms with E-state index in [1.165, 1.54) is 16.0 Å². The molecule has 3 aromatic heterocycles. The van der Waals surface area contributed by atoms with Crippen molar-refractivity contribution < 1.29 is 4.42 Å². The second-order valence-corrected chi connectivity index (χ2v) is 14.3. The van der Waals surface area contributed by atoms with Crippen molar-refractivity contribution in [2.75, 3.05) is 0 Å². The van der Waals surface area contributed by atoms with Gasteiger partial charge in [0.05, 0.1) is 16.6 Å². The quantitative estimate of drug-likeness (QED) is 0.186. The van der Waals surface area contributed by atoms with Crippen molar-refractivity contribution in [3.63, 3.8) is 0 Å². The number of thioether (sulfide) groups is 1. The average molecular weight is 673 g/mol. The molecule has 0 fully saturated rings. The predicted octanol–water partition coefficient (Wildman–Crippen LogP) is 11.6. The molecule has 51 heavy (non-hydrogen) atoms. The molecule has 0 radical (unpaired) electrons. The SMILES string of the molecule is C1=CC2Sc3ccc(-c4cccc5oc6c(-c7nc(-c8ccccc8)nc(-n8c9ccccc9c9ccccc98)n7)cccc6c45)cc3C2C=C1. The predicted molar refractivity (Wildman–Crippen MR) is 208 cm³/mol. The molecule has 0 amide bonds. The highest BCUT2D eigenvalue weighted by Gasteiger charge is 2.31. The van der Waals surface area contributed by atoms with Gasteiger partial charge in [0.25, 0.3) is 0 Å². The molecule has 6 aromatic carbocycles. The van der Waals surface area contributed by atoms with Gasteiger partial charge in [-0.3, -0.25) is 4.57 Å². The van der Waals surface area contributed by atoms with Crippen LogP contribution in [0.2, 0.25) is 0 Å². The van der Waals surface area contributed by atoms with Crippen LogP contribution >= 0.6 is 11.8 Å². The molecule has 240 valence electrons. The van der Waals surface area contributed by atoms with Crippen LogP contribution in [0.15, 0.2) is 167 Å². The third kappa shape index (κ3) is 4.40. The number of fused-ring (bicyclic) bond motifs is 9. The van der Waals surface area contributed by atoms with Gasteiger partial charge in [-0.05, 0) is 53.1 Å². The summed E-state index contributed by atoms with van der Waals surface area (Å²) in [5.41, 5.74) is 9.16. The maximum Gasteiger partial charge on any atom is 0.238 e. The van der Waals surface area contributed by atoms with Gasteiger partial charge in [0.2, 0.25) is 5.95 Å². The number of rotatable bonds is 4. The molecular weight excluding hydrogens is 645 g/mol. The van der Waals surface area contributed by atoms with E-state index >= 15 is 0 Å². The second-order valence-electron chi connectivity index (χ2n) is 13.1. The van der Waals surface area contributed by atoms with Crippen LogP contribution in [-0.4, -0.2) is 24.8 Å². The van der Waals surface area contributed by atoms with Crippen LogP contribution in [0.4, 0.5) is 0 Å². The number of nitrogens with zero attached hydrogens (tertiary/aromatic N) is 4. The minimum atomic E-state index is 0.397. The smallest absolute Gasteiger partial charge is 0.238 e. The number of hydrogen-bond donors (Lipinski definition) is 0. The normalized spacial score (nSPS) is 16.4. The Morgan fingerprint density at radius 1 is 0.569 bits per heavy atom. The minimum Gasteiger partial charge on any atom is -0.455 e. The van der Waals surface area contributed by atoms with Crippen molar-refractivity contribution in [2.24, 2.45) is 0 Å². The molecule has 6 heteroatoms. The van der Waals surface area contributed by atoms with E-state index in [4.69, 9.17) is 19.4 Å². The molecule has 5 nitrogen and oxygen atoms in total. The van der Waals surface area contributed by atoms with Crippen molar-refractivity contribution >= 4 is 55.5 Å². The van der Waals surface area contributed by atoms with Crippen molar-refractivity contribution in [1.82, 2.24) is 19.5 Å². The first-order valence-corrected chi connectivity index (χ1v) is 18.1. The van der Waals surface area contributed by atoms with Gasteiger partial charge in [-0.1, -0.05) is 121 Å². The van der Waals surface area contributed by atoms with Gasteiger partial charge < -0.3 is 4.42 Å². The molecular formula is C45H28N4OS. The molecule has 2 aliphatic rings. The van der Waals surface area contributed by atoms with Gasteiger partial charge in [0.15, 0.2) is 11.6 Å². The summed E-state index contributed by atoms with van der Waals surface area (Å²) in [6, 6.07) is 46.5. The molecule has 0 saturated heterocycles. The molecule has 0 N–H and O–H groups in total. The summed E-state index contributed by atoms with van der Waals surface area (Å²) in [4.78, 5) is 16.8. The Morgan fingerprint density at radius 3 is 2.12 bits per heavy atom. The van der Waals surface area contributed by atoms with Crippen LogP contribution in [0.3, 0.4) is 0 Å². The van der Waals surface area contributed by atoms with Crippen LogP contribution in [0.5, 0.6) is 0 Å². The highest BCUT2D eigenvalue weighted by Crippen LogP contribution is 2.50. The Kier molecular flexibility index (Phi) is 6.24. The Labute approximate surface area is 297 Å². The van der Waals surface area contributed by atoms with Crippen LogP contribution in [-0.2, 0) is 0 Å². The van der Waals surface area contributed by atoms with Crippen LogP contribution in [0.1, 0.15) is 11.5 Å². The number of benzene rings is 6. The summed E-state index contributed by atoms with van der Waals surface area (Å²) in [6.07, 6.45) is 8.99. The van der Waals surface area contributed by atoms with Crippen LogP contribution < -0.4 is 0 Å². The van der Waals surface area contributed by atoms with E-state index in [9.17, 15) is 0 Å². The van der Waals surface area contributed by atoms with Gasteiger partial charge in [-0.15, -0.1) is 11.8 Å². The topological polar surface area (TPSA) is 56.7 Å². The maximum atomic E-state index is 6.76. The summed E-state index contributed by atoms with van der Waals surface area (Å²) in [5.74, 6) is 2.12. The second kappa shape index (κ2) is 11.1. The number of allylic oxidation sites excluding steroid dienone is 3. The van der Waals surface area contributed by atoms with E-state index in [1.807, 2.05) is 42.1 Å². The highest BCUT2D eigenvalue weighted by atomic mass is 32.2. The first-order valence-electron chi connectivity index (χ1n) is 17.2. The van der Waals surface area contributed by atoms with E-state index in [1.54, 1.807) is 0 Å². The zero-order chi connectivity index (χ0) is 33.5. The lowest BCUT2D eigenvalue weighted by Crippen LogP contribution is -2.06. The lowest BCUT2D eigenvalue weighted by Gasteiger charge is -2.15. The third-order valence-electron chi connectivity index (χ3n) is 10.2. The Bertz CT molecular complexity index is 2870. The van der Waals surface area contributed by atoms with Gasteiger partial charge in [-0.25, -0.2) is 4.98 Å². The molecule has 1 aliphatic heterocycles. The van der Waals surface area contributed by atoms with Gasteiger partial charge in [0.1, 0.15) is 11.2 Å². The fourth-order valence-corrected chi connectivity index (χ4v) is 9.24. The van der Waals surface area contributed by atoms with E-state index in [2.05, 4.69) is 132 Å². The summed E-state index contributed by atoms with van der Waals surface area (Å²) in [6.45, 7) is 0. The Balaban J connectivity index is 1.13. The molecule has 11 rings (SSSR count). The molecule has 1 aliphatic carbocycles. The van der Waals surface area contributed by atoms with E-state index < -0.39 is 0 Å². The number of furan rings is 1. The summed E-state index contributed by atoms with van der Waals surface area (Å²) in [5, 5.41) is 4.89. The molecule has 9 aromatic rings. The summed E-state index contributed by atoms with van der Waals surface area (Å²) >= 11 is 1.95. The zero-order valence-electron chi connectivity index (χ0n) is 27.3. The Morgan fingerprint density at radius 2 is 1.27 bits per heavy atom. The first kappa shape index (κ1) is 28.6. The fourth-order valence-electron chi connectivity index (χ4n) is 7.91. The third-order valence-corrected chi connectivity index (χ3v) is 11.6. The highest BCUT2D eigenvalue weighted by molar-refractivity contribution is 8.00. The first-order chi connectivity index (χ1) is 25.3. The lowest BCUT2D eigenvalue weighted by molar-refractivity contribution is 0.669. The van der Waals surface area contributed by atoms with Crippen molar-refractivity contribution in [3.8, 4) is 39.9 Å². The van der Waals surface area contributed by atoms with Crippen LogP contribution in [0, 0.1) is 0 Å². The van der Waals surface area contributed by atoms with Crippen molar-refractivity contribution in [3.05, 3.63) is 163 Å². The van der Waals surface area contributed by atoms with Gasteiger partial charge in [0, 0.05) is 43.2 Å². The maximum absolute atomic E-state index is 6.76. The molecule has 0 saturated carbocycles. The van der Waals surface area contributed by atoms with E-state index in [0.29, 0.717) is 28.8 Å². The van der Waals surface area contributed by atoms with E-state index in [-0.39, 0.29) is 0 Å². The molecule has 4 heterocycles. The molecule has 2 atom stereocenters. The van der Waals surface area contributed by atoms with Crippen LogP contribution in [0.25, 0.3) is 83.6 Å². The Hall–Kier alpha value is -6.24.